The van der Waals surface area contributed by atoms with Crippen LogP contribution in [0.2, 0.25) is 0 Å². The molecule has 1 heterocycles. The maximum atomic E-state index is 14.3. The Morgan fingerprint density at radius 2 is 1.75 bits per heavy atom. The zero-order valence-corrected chi connectivity index (χ0v) is 18.8. The monoisotopic (exact) mass is 462 g/mol. The number of piperidine rings is 1. The number of hydrogen-bond donors (Lipinski definition) is 0. The third kappa shape index (κ3) is 5.72. The van der Waals surface area contributed by atoms with Crippen LogP contribution in [0, 0.1) is 5.82 Å². The fraction of sp³-hybridized carbons (Fsp3) is 0.391. The van der Waals surface area contributed by atoms with Crippen LogP contribution in [0.15, 0.2) is 53.4 Å². The first-order valence-electron chi connectivity index (χ1n) is 10.6. The summed E-state index contributed by atoms with van der Waals surface area (Å²) in [6.07, 6.45) is 2.34. The van der Waals surface area contributed by atoms with Gasteiger partial charge in [0.05, 0.1) is 5.56 Å². The summed E-state index contributed by atoms with van der Waals surface area (Å²) in [6, 6.07) is 12.5. The van der Waals surface area contributed by atoms with Gasteiger partial charge in [-0.05, 0) is 43.5 Å². The van der Waals surface area contributed by atoms with Crippen LogP contribution in [0.4, 0.5) is 4.39 Å². The van der Waals surface area contributed by atoms with E-state index in [0.29, 0.717) is 39.0 Å². The van der Waals surface area contributed by atoms with Gasteiger partial charge in [-0.1, -0.05) is 36.8 Å². The molecule has 0 spiro atoms. The Balaban J connectivity index is 1.67. The van der Waals surface area contributed by atoms with Gasteiger partial charge in [0.1, 0.15) is 10.7 Å². The second-order valence-corrected chi connectivity index (χ2v) is 9.49. The number of amides is 1. The van der Waals surface area contributed by atoms with E-state index in [1.165, 1.54) is 4.31 Å². The summed E-state index contributed by atoms with van der Waals surface area (Å²) < 4.78 is 46.3. The van der Waals surface area contributed by atoms with E-state index in [1.54, 1.807) is 4.90 Å². The number of nitrogens with zero attached hydrogens (tertiary/aromatic N) is 2. The van der Waals surface area contributed by atoms with Crippen molar-refractivity contribution in [3.63, 3.8) is 0 Å². The average Bonchev–Trinajstić information content (AvgIpc) is 2.82. The van der Waals surface area contributed by atoms with Crippen molar-refractivity contribution in [3.8, 4) is 0 Å². The highest BCUT2D eigenvalue weighted by Crippen LogP contribution is 2.24. The van der Waals surface area contributed by atoms with Crippen molar-refractivity contribution in [3.05, 3.63) is 65.5 Å². The Morgan fingerprint density at radius 1 is 1.06 bits per heavy atom. The topological polar surface area (TPSA) is 84.0 Å². The number of carbonyl (C=O) groups excluding carboxylic acids is 2. The van der Waals surface area contributed by atoms with Crippen LogP contribution in [0.25, 0.3) is 0 Å². The molecule has 0 aliphatic carbocycles. The lowest BCUT2D eigenvalue weighted by atomic mass is 10.2. The van der Waals surface area contributed by atoms with Gasteiger partial charge in [-0.15, -0.1) is 0 Å². The predicted octanol–water partition coefficient (Wildman–Crippen LogP) is 3.21. The third-order valence-electron chi connectivity index (χ3n) is 5.38. The van der Waals surface area contributed by atoms with Crippen LogP contribution in [-0.4, -0.2) is 55.7 Å². The molecule has 2 aromatic carbocycles. The van der Waals surface area contributed by atoms with Crippen LogP contribution < -0.4 is 0 Å². The quantitative estimate of drug-likeness (QED) is 0.563. The van der Waals surface area contributed by atoms with Crippen molar-refractivity contribution in [2.24, 2.45) is 0 Å². The van der Waals surface area contributed by atoms with Crippen LogP contribution in [-0.2, 0) is 26.1 Å². The molecular formula is C23H27FN2O5S. The number of hydrogen-bond acceptors (Lipinski definition) is 5. The van der Waals surface area contributed by atoms with Gasteiger partial charge in [0.25, 0.3) is 5.91 Å². The van der Waals surface area contributed by atoms with E-state index in [-0.39, 0.29) is 11.5 Å². The van der Waals surface area contributed by atoms with Crippen molar-refractivity contribution in [1.29, 1.82) is 0 Å². The fourth-order valence-electron chi connectivity index (χ4n) is 3.55. The van der Waals surface area contributed by atoms with E-state index in [2.05, 4.69) is 0 Å². The van der Waals surface area contributed by atoms with Crippen molar-refractivity contribution >= 4 is 21.9 Å². The highest BCUT2D eigenvalue weighted by Gasteiger charge is 2.29. The molecule has 32 heavy (non-hydrogen) atoms. The lowest BCUT2D eigenvalue weighted by molar-refractivity contribution is -0.134. The van der Waals surface area contributed by atoms with E-state index in [9.17, 15) is 22.4 Å². The second kappa shape index (κ2) is 10.7. The molecule has 0 bridgehead atoms. The SMILES string of the molecule is CCN(Cc1ccccc1)C(=O)COC(=O)c1ccc(F)c(S(=O)(=O)N2CCCCC2)c1. The van der Waals surface area contributed by atoms with E-state index in [1.807, 2.05) is 37.3 Å². The molecule has 172 valence electrons. The van der Waals surface area contributed by atoms with E-state index in [0.717, 1.165) is 30.2 Å². The number of halogens is 1. The van der Waals surface area contributed by atoms with Crippen LogP contribution in [0.3, 0.4) is 0 Å². The van der Waals surface area contributed by atoms with Gasteiger partial charge >= 0.3 is 5.97 Å². The number of benzene rings is 2. The zero-order valence-electron chi connectivity index (χ0n) is 18.0. The Kier molecular flexibility index (Phi) is 7.98. The highest BCUT2D eigenvalue weighted by atomic mass is 32.2. The largest absolute Gasteiger partial charge is 0.452 e. The van der Waals surface area contributed by atoms with Gasteiger partial charge in [-0.3, -0.25) is 4.79 Å². The van der Waals surface area contributed by atoms with Crippen LogP contribution in [0.1, 0.15) is 42.1 Å². The zero-order chi connectivity index (χ0) is 23.1. The standard InChI is InChI=1S/C23H27FN2O5S/c1-2-25(16-18-9-5-3-6-10-18)22(27)17-31-23(28)19-11-12-20(24)21(15-19)32(29,30)26-13-7-4-8-14-26/h3,5-6,9-12,15H,2,4,7-8,13-14,16-17H2,1H3. The number of likely N-dealkylation sites (N-methyl/N-ethyl adjacent to an activating group) is 1. The molecular weight excluding hydrogens is 435 g/mol. The summed E-state index contributed by atoms with van der Waals surface area (Å²) in [5, 5.41) is 0. The number of ether oxygens (including phenoxy) is 1. The molecule has 0 N–H and O–H groups in total. The predicted molar refractivity (Wildman–Crippen MR) is 117 cm³/mol. The minimum Gasteiger partial charge on any atom is -0.452 e. The van der Waals surface area contributed by atoms with Crippen molar-refractivity contribution in [2.75, 3.05) is 26.2 Å². The maximum absolute atomic E-state index is 14.3. The van der Waals surface area contributed by atoms with Gasteiger partial charge in [0, 0.05) is 26.2 Å². The minimum absolute atomic E-state index is 0.124. The highest BCUT2D eigenvalue weighted by molar-refractivity contribution is 7.89. The number of rotatable bonds is 8. The number of sulfonamides is 1. The molecule has 9 heteroatoms. The molecule has 0 unspecified atom stereocenters. The Morgan fingerprint density at radius 3 is 2.41 bits per heavy atom. The molecule has 0 atom stereocenters. The molecule has 0 saturated carbocycles. The Hall–Kier alpha value is -2.78. The number of esters is 1. The molecule has 1 fully saturated rings. The van der Waals surface area contributed by atoms with Gasteiger partial charge in [0.15, 0.2) is 6.61 Å². The average molecular weight is 463 g/mol. The van der Waals surface area contributed by atoms with Gasteiger partial charge in [-0.2, -0.15) is 4.31 Å². The van der Waals surface area contributed by atoms with Gasteiger partial charge in [0.2, 0.25) is 10.0 Å². The molecule has 2 aromatic rings. The van der Waals surface area contributed by atoms with E-state index in [4.69, 9.17) is 4.74 Å². The smallest absolute Gasteiger partial charge is 0.338 e. The second-order valence-electron chi connectivity index (χ2n) is 7.58. The van der Waals surface area contributed by atoms with Gasteiger partial charge in [-0.25, -0.2) is 17.6 Å². The molecule has 1 aliphatic heterocycles. The van der Waals surface area contributed by atoms with Crippen LogP contribution in [0.5, 0.6) is 0 Å². The molecule has 7 nitrogen and oxygen atoms in total. The molecule has 0 radical (unpaired) electrons. The molecule has 1 saturated heterocycles. The summed E-state index contributed by atoms with van der Waals surface area (Å²) in [5.74, 6) is -2.19. The van der Waals surface area contributed by atoms with Crippen molar-refractivity contribution < 1.29 is 27.1 Å². The molecule has 0 aromatic heterocycles. The summed E-state index contributed by atoms with van der Waals surface area (Å²) >= 11 is 0. The van der Waals surface area contributed by atoms with E-state index < -0.39 is 33.3 Å². The Bertz CT molecular complexity index is 1050. The Labute approximate surface area is 187 Å². The minimum atomic E-state index is -4.06. The normalized spacial score (nSPS) is 14.7. The lowest BCUT2D eigenvalue weighted by Crippen LogP contribution is -2.36. The fourth-order valence-corrected chi connectivity index (χ4v) is 5.16. The van der Waals surface area contributed by atoms with Crippen molar-refractivity contribution in [1.82, 2.24) is 9.21 Å². The summed E-state index contributed by atoms with van der Waals surface area (Å²) in [7, 11) is -4.06. The number of carbonyl (C=O) groups is 2. The summed E-state index contributed by atoms with van der Waals surface area (Å²) in [4.78, 5) is 25.9. The first kappa shape index (κ1) is 23.9. The first-order valence-corrected chi connectivity index (χ1v) is 12.1. The molecule has 1 amide bonds. The van der Waals surface area contributed by atoms with Crippen molar-refractivity contribution in [2.45, 2.75) is 37.6 Å². The van der Waals surface area contributed by atoms with Gasteiger partial charge < -0.3 is 9.64 Å². The van der Waals surface area contributed by atoms with E-state index >= 15 is 0 Å². The third-order valence-corrected chi connectivity index (χ3v) is 7.29. The molecule has 1 aliphatic rings. The first-order chi connectivity index (χ1) is 15.3. The summed E-state index contributed by atoms with van der Waals surface area (Å²) in [6.45, 7) is 2.77. The lowest BCUT2D eigenvalue weighted by Gasteiger charge is -2.26. The maximum Gasteiger partial charge on any atom is 0.338 e. The van der Waals surface area contributed by atoms with Crippen LogP contribution >= 0.6 is 0 Å². The summed E-state index contributed by atoms with van der Waals surface area (Å²) in [5.41, 5.74) is 0.820. The molecule has 3 rings (SSSR count).